The standard InChI is InChI=1S/C43H25BN2O3/c1-2-10-27(11-3-1)45-33-15-7-9-17-36(33)49-43-34(45)19-18-30-29-12-4-6-14-32(29)46(42(30)43)28-23-38-41-39(24-28)48-37-22-25-20-26(21-25)40(37)44(41)31-13-5-8-16-35(31)47-38/h1-20,22-24H,21H2. The van der Waals surface area contributed by atoms with Gasteiger partial charge >= 0.3 is 0 Å². The van der Waals surface area contributed by atoms with Gasteiger partial charge in [-0.2, -0.15) is 0 Å². The molecule has 13 rings (SSSR count). The highest BCUT2D eigenvalue weighted by Gasteiger charge is 2.43. The van der Waals surface area contributed by atoms with E-state index in [2.05, 4.69) is 137 Å². The Kier molecular flexibility index (Phi) is 4.79. The molecule has 6 heteroatoms. The van der Waals surface area contributed by atoms with Crippen LogP contribution in [0.25, 0.3) is 27.5 Å². The van der Waals surface area contributed by atoms with E-state index in [9.17, 15) is 0 Å². The minimum atomic E-state index is 0.0577. The second kappa shape index (κ2) is 9.15. The van der Waals surface area contributed by atoms with Crippen LogP contribution in [0.5, 0.6) is 34.5 Å². The minimum absolute atomic E-state index is 0.0577. The molecule has 5 nitrogen and oxygen atoms in total. The molecule has 0 fully saturated rings. The lowest BCUT2D eigenvalue weighted by Crippen LogP contribution is -2.59. The van der Waals surface area contributed by atoms with Gasteiger partial charge in [-0.15, -0.1) is 0 Å². The lowest BCUT2D eigenvalue weighted by Gasteiger charge is -2.37. The third-order valence-electron chi connectivity index (χ3n) is 10.6. The van der Waals surface area contributed by atoms with E-state index in [0.717, 1.165) is 90.9 Å². The zero-order valence-electron chi connectivity index (χ0n) is 26.2. The van der Waals surface area contributed by atoms with Crippen molar-refractivity contribution in [2.24, 2.45) is 0 Å². The fourth-order valence-electron chi connectivity index (χ4n) is 8.56. The van der Waals surface area contributed by atoms with E-state index in [0.29, 0.717) is 0 Å². The summed E-state index contributed by atoms with van der Waals surface area (Å²) < 4.78 is 22.8. The molecule has 5 aliphatic rings. The number of para-hydroxylation sites is 5. The third kappa shape index (κ3) is 3.35. The molecule has 7 aromatic carbocycles. The summed E-state index contributed by atoms with van der Waals surface area (Å²) >= 11 is 0. The Bertz CT molecular complexity index is 2730. The molecule has 228 valence electrons. The zero-order valence-corrected chi connectivity index (χ0v) is 26.2. The maximum atomic E-state index is 6.92. The summed E-state index contributed by atoms with van der Waals surface area (Å²) in [5, 5.41) is 2.27. The Morgan fingerprint density at radius 2 is 1.22 bits per heavy atom. The van der Waals surface area contributed by atoms with Gasteiger partial charge in [0.2, 0.25) is 0 Å². The Balaban J connectivity index is 1.15. The Hall–Kier alpha value is -6.40. The predicted octanol–water partition coefficient (Wildman–Crippen LogP) is 8.99. The molecule has 2 bridgehead atoms. The second-order valence-electron chi connectivity index (χ2n) is 13.3. The van der Waals surface area contributed by atoms with Crippen molar-refractivity contribution >= 4 is 62.0 Å². The average Bonchev–Trinajstić information content (AvgIpc) is 3.48. The molecule has 2 aliphatic carbocycles. The number of rotatable bonds is 2. The number of hydrogen-bond donors (Lipinski definition) is 0. The highest BCUT2D eigenvalue weighted by Crippen LogP contribution is 2.54. The lowest BCUT2D eigenvalue weighted by molar-refractivity contribution is 0.462. The topological polar surface area (TPSA) is 35.9 Å². The van der Waals surface area contributed by atoms with Crippen LogP contribution in [0.15, 0.2) is 140 Å². The highest BCUT2D eigenvalue weighted by molar-refractivity contribution is 6.98. The molecule has 49 heavy (non-hydrogen) atoms. The molecule has 0 spiro atoms. The first-order valence-electron chi connectivity index (χ1n) is 16.8. The highest BCUT2D eigenvalue weighted by atomic mass is 16.5. The molecule has 0 amide bonds. The number of aromatic nitrogens is 1. The SMILES string of the molecule is c1ccc(N2c3ccccc3Oc3c2ccc2c4ccccc4n(-c4cc5c6c(c4)Oc4cc7cc(c4B6c4ccccc4O5)C7)c32)cc1. The summed E-state index contributed by atoms with van der Waals surface area (Å²) in [5.74, 6) is 5.12. The monoisotopic (exact) mass is 628 g/mol. The quantitative estimate of drug-likeness (QED) is 0.179. The van der Waals surface area contributed by atoms with Gasteiger partial charge in [-0.25, -0.2) is 0 Å². The Morgan fingerprint density at radius 1 is 0.510 bits per heavy atom. The first kappa shape index (κ1) is 25.7. The van der Waals surface area contributed by atoms with Crippen LogP contribution in [0.1, 0.15) is 11.1 Å². The molecule has 0 N–H and O–H groups in total. The van der Waals surface area contributed by atoms with Crippen LogP contribution in [0.2, 0.25) is 0 Å². The van der Waals surface area contributed by atoms with Gasteiger partial charge in [0, 0.05) is 34.1 Å². The van der Waals surface area contributed by atoms with Crippen molar-refractivity contribution < 1.29 is 14.2 Å². The van der Waals surface area contributed by atoms with Crippen LogP contribution >= 0.6 is 0 Å². The van der Waals surface area contributed by atoms with E-state index in [1.165, 1.54) is 22.1 Å². The molecule has 0 atom stereocenters. The summed E-state index contributed by atoms with van der Waals surface area (Å²) in [6.07, 6.45) is 1.00. The van der Waals surface area contributed by atoms with E-state index >= 15 is 0 Å². The Morgan fingerprint density at radius 3 is 2.10 bits per heavy atom. The van der Waals surface area contributed by atoms with Gasteiger partial charge in [-0.1, -0.05) is 72.8 Å². The number of nitrogens with zero attached hydrogens (tertiary/aromatic N) is 2. The van der Waals surface area contributed by atoms with Crippen LogP contribution in [0.3, 0.4) is 0 Å². The number of hydrogen-bond acceptors (Lipinski definition) is 4. The third-order valence-corrected chi connectivity index (χ3v) is 10.6. The van der Waals surface area contributed by atoms with Crippen molar-refractivity contribution in [2.45, 2.75) is 6.42 Å². The van der Waals surface area contributed by atoms with Gasteiger partial charge in [-0.3, -0.25) is 0 Å². The maximum Gasteiger partial charge on any atom is 0.261 e. The van der Waals surface area contributed by atoms with Gasteiger partial charge in [0.25, 0.3) is 6.71 Å². The van der Waals surface area contributed by atoms with Crippen LogP contribution in [0.4, 0.5) is 17.1 Å². The molecule has 0 saturated heterocycles. The van der Waals surface area contributed by atoms with Crippen molar-refractivity contribution in [3.63, 3.8) is 0 Å². The molecule has 0 radical (unpaired) electrons. The van der Waals surface area contributed by atoms with E-state index in [1.54, 1.807) is 0 Å². The maximum absolute atomic E-state index is 6.92. The molecule has 0 saturated carbocycles. The van der Waals surface area contributed by atoms with E-state index in [4.69, 9.17) is 14.2 Å². The largest absolute Gasteiger partial charge is 0.458 e. The van der Waals surface area contributed by atoms with Crippen molar-refractivity contribution in [3.8, 4) is 40.2 Å². The van der Waals surface area contributed by atoms with Crippen LogP contribution in [-0.2, 0) is 6.42 Å². The van der Waals surface area contributed by atoms with Gasteiger partial charge in [0.05, 0.1) is 28.1 Å². The molecular formula is C43H25BN2O3. The van der Waals surface area contributed by atoms with E-state index in [1.807, 2.05) is 12.1 Å². The number of anilines is 3. The summed E-state index contributed by atoms with van der Waals surface area (Å²) in [6, 6.07) is 49.1. The van der Waals surface area contributed by atoms with Crippen molar-refractivity contribution in [2.75, 3.05) is 4.90 Å². The summed E-state index contributed by atoms with van der Waals surface area (Å²) in [6.45, 7) is 0.0577. The van der Waals surface area contributed by atoms with Crippen molar-refractivity contribution in [1.29, 1.82) is 0 Å². The molecule has 4 heterocycles. The van der Waals surface area contributed by atoms with E-state index < -0.39 is 0 Å². The van der Waals surface area contributed by atoms with Crippen LogP contribution in [0, 0.1) is 0 Å². The summed E-state index contributed by atoms with van der Waals surface area (Å²) in [4.78, 5) is 2.30. The summed E-state index contributed by atoms with van der Waals surface area (Å²) in [5.41, 5.74) is 12.3. The first-order chi connectivity index (χ1) is 24.3. The average molecular weight is 628 g/mol. The Labute approximate surface area is 282 Å². The van der Waals surface area contributed by atoms with Gasteiger partial charge in [-0.05, 0) is 83.1 Å². The minimum Gasteiger partial charge on any atom is -0.458 e. The number of fused-ring (bicyclic) bond motifs is 8. The van der Waals surface area contributed by atoms with Crippen LogP contribution in [-0.4, -0.2) is 11.3 Å². The van der Waals surface area contributed by atoms with Gasteiger partial charge in [0.1, 0.15) is 23.0 Å². The lowest BCUT2D eigenvalue weighted by atomic mass is 9.33. The molecule has 1 aromatic heterocycles. The number of benzene rings is 7. The number of ether oxygens (including phenoxy) is 3. The van der Waals surface area contributed by atoms with Crippen LogP contribution < -0.4 is 35.5 Å². The second-order valence-corrected chi connectivity index (χ2v) is 13.3. The molecule has 3 aliphatic heterocycles. The van der Waals surface area contributed by atoms with Gasteiger partial charge < -0.3 is 23.7 Å². The smallest absolute Gasteiger partial charge is 0.261 e. The zero-order chi connectivity index (χ0) is 31.8. The first-order valence-corrected chi connectivity index (χ1v) is 16.8. The fraction of sp³-hybridized carbons (Fsp3) is 0.0233. The predicted molar refractivity (Wildman–Crippen MR) is 196 cm³/mol. The van der Waals surface area contributed by atoms with Crippen molar-refractivity contribution in [1.82, 2.24) is 4.57 Å². The summed E-state index contributed by atoms with van der Waals surface area (Å²) in [7, 11) is 0. The fourth-order valence-corrected chi connectivity index (χ4v) is 8.56. The van der Waals surface area contributed by atoms with E-state index in [-0.39, 0.29) is 6.71 Å². The molecular weight excluding hydrogens is 603 g/mol. The normalized spacial score (nSPS) is 14.0. The molecule has 0 unspecified atom stereocenters. The van der Waals surface area contributed by atoms with Gasteiger partial charge in [0.15, 0.2) is 11.5 Å². The van der Waals surface area contributed by atoms with Crippen molar-refractivity contribution in [3.05, 3.63) is 151 Å². The molecule has 8 aromatic rings.